The van der Waals surface area contributed by atoms with E-state index in [1.54, 1.807) is 5.57 Å². The number of aryl methyl sites for hydroxylation is 1. The Kier molecular flexibility index (Phi) is 4.61. The summed E-state index contributed by atoms with van der Waals surface area (Å²) in [4.78, 5) is 4.66. The lowest BCUT2D eigenvalue weighted by Gasteiger charge is -2.35. The van der Waals surface area contributed by atoms with Crippen molar-refractivity contribution in [2.75, 3.05) is 13.1 Å². The molecule has 24 heavy (non-hydrogen) atoms. The molecule has 1 aliphatic heterocycles. The number of alkyl halides is 1. The van der Waals surface area contributed by atoms with Gasteiger partial charge in [-0.05, 0) is 91.2 Å². The van der Waals surface area contributed by atoms with Gasteiger partial charge in [0.2, 0.25) is 0 Å². The molecule has 2 aliphatic carbocycles. The summed E-state index contributed by atoms with van der Waals surface area (Å²) in [7, 11) is 0. The normalized spacial score (nSPS) is 30.7. The van der Waals surface area contributed by atoms with Crippen molar-refractivity contribution in [1.29, 1.82) is 0 Å². The largest absolute Gasteiger partial charge is 0.317 e. The Hall–Kier alpha value is -0.640. The van der Waals surface area contributed by atoms with E-state index in [-0.39, 0.29) is 4.87 Å². The van der Waals surface area contributed by atoms with E-state index in [1.807, 2.05) is 6.20 Å². The zero-order chi connectivity index (χ0) is 16.7. The summed E-state index contributed by atoms with van der Waals surface area (Å²) < 4.78 is 1.09. The number of fused-ring (bicyclic) bond motifs is 1. The average Bonchev–Trinajstić information content (AvgIpc) is 2.71. The van der Waals surface area contributed by atoms with Gasteiger partial charge in [-0.25, -0.2) is 0 Å². The predicted octanol–water partition coefficient (Wildman–Crippen LogP) is 5.13. The van der Waals surface area contributed by atoms with Crippen LogP contribution < -0.4 is 5.32 Å². The molecule has 2 nitrogen and oxygen atoms in total. The molecular weight excluding hydrogens is 384 g/mol. The van der Waals surface area contributed by atoms with Gasteiger partial charge in [0.25, 0.3) is 0 Å². The van der Waals surface area contributed by atoms with Gasteiger partial charge in [0, 0.05) is 16.6 Å². The number of nitrogens with one attached hydrogen (secondary N) is 1. The lowest BCUT2D eigenvalue weighted by molar-refractivity contribution is 0.337. The van der Waals surface area contributed by atoms with Crippen molar-refractivity contribution in [3.05, 3.63) is 51.3 Å². The summed E-state index contributed by atoms with van der Waals surface area (Å²) in [5.74, 6) is 1.10. The number of piperidine rings is 1. The quantitative estimate of drug-likeness (QED) is 0.653. The summed E-state index contributed by atoms with van der Waals surface area (Å²) in [5.41, 5.74) is 5.77. The van der Waals surface area contributed by atoms with Crippen molar-refractivity contribution in [2.45, 2.75) is 49.8 Å². The molecule has 0 aromatic carbocycles. The second kappa shape index (κ2) is 6.59. The van der Waals surface area contributed by atoms with Crippen molar-refractivity contribution in [1.82, 2.24) is 10.3 Å². The highest BCUT2D eigenvalue weighted by molar-refractivity contribution is 9.10. The minimum Gasteiger partial charge on any atom is -0.317 e. The fraction of sp³-hybridized carbons (Fsp3) is 0.550. The summed E-state index contributed by atoms with van der Waals surface area (Å²) in [6.07, 6.45) is 12.1. The van der Waals surface area contributed by atoms with E-state index in [9.17, 15) is 0 Å². The molecule has 0 spiro atoms. The second-order valence-electron chi connectivity index (χ2n) is 7.61. The van der Waals surface area contributed by atoms with Gasteiger partial charge in [-0.3, -0.25) is 4.98 Å². The average molecular weight is 408 g/mol. The number of nitrogens with zero attached hydrogens (tertiary/aromatic N) is 1. The number of hydrogen-bond acceptors (Lipinski definition) is 2. The van der Waals surface area contributed by atoms with Crippen LogP contribution in [0.2, 0.25) is 0 Å². The first-order chi connectivity index (χ1) is 11.5. The number of halogens is 2. The molecule has 1 N–H and O–H groups in total. The SMILES string of the molecule is CC1(Cl)C=CC2=C(CCc3cc(Br)cnc3C2C2CCNCC2)C1. The number of rotatable bonds is 1. The summed E-state index contributed by atoms with van der Waals surface area (Å²) in [6, 6.07) is 2.28. The molecule has 1 aromatic rings. The Balaban J connectivity index is 1.81. The zero-order valence-corrected chi connectivity index (χ0v) is 16.5. The Morgan fingerprint density at radius 2 is 2.08 bits per heavy atom. The Bertz CT molecular complexity index is 702. The molecule has 0 bridgehead atoms. The lowest BCUT2D eigenvalue weighted by Crippen LogP contribution is -2.32. The maximum absolute atomic E-state index is 6.66. The molecule has 1 saturated heterocycles. The first-order valence-corrected chi connectivity index (χ1v) is 10.2. The Morgan fingerprint density at radius 1 is 1.29 bits per heavy atom. The van der Waals surface area contributed by atoms with Gasteiger partial charge in [0.05, 0.1) is 10.6 Å². The Morgan fingerprint density at radius 3 is 2.88 bits per heavy atom. The van der Waals surface area contributed by atoms with E-state index < -0.39 is 0 Å². The maximum atomic E-state index is 6.66. The number of hydrogen-bond donors (Lipinski definition) is 1. The van der Waals surface area contributed by atoms with Crippen LogP contribution in [0.1, 0.15) is 49.8 Å². The van der Waals surface area contributed by atoms with Crippen LogP contribution in [0.15, 0.2) is 40.0 Å². The van der Waals surface area contributed by atoms with Crippen molar-refractivity contribution < 1.29 is 0 Å². The van der Waals surface area contributed by atoms with E-state index in [0.717, 1.165) is 36.8 Å². The topological polar surface area (TPSA) is 24.9 Å². The molecule has 3 aliphatic rings. The molecule has 0 radical (unpaired) electrons. The highest BCUT2D eigenvalue weighted by Crippen LogP contribution is 2.47. The van der Waals surface area contributed by atoms with E-state index in [0.29, 0.717) is 11.8 Å². The minimum absolute atomic E-state index is 0.234. The molecule has 2 unspecified atom stereocenters. The van der Waals surface area contributed by atoms with E-state index in [2.05, 4.69) is 46.4 Å². The van der Waals surface area contributed by atoms with Crippen LogP contribution in [0.4, 0.5) is 0 Å². The molecular formula is C20H24BrClN2. The van der Waals surface area contributed by atoms with Crippen molar-refractivity contribution in [3.63, 3.8) is 0 Å². The van der Waals surface area contributed by atoms with Gasteiger partial charge < -0.3 is 5.32 Å². The van der Waals surface area contributed by atoms with Crippen LogP contribution in [-0.4, -0.2) is 22.9 Å². The standard InChI is InChI=1S/C20H24BrClN2/c1-20(22)7-4-17-15(11-20)3-2-14-10-16(21)12-24-19(14)18(17)13-5-8-23-9-6-13/h4,7,10,12-13,18,23H,2-3,5-6,8-9,11H2,1H3. The third kappa shape index (κ3) is 3.23. The van der Waals surface area contributed by atoms with Gasteiger partial charge in [-0.15, -0.1) is 11.6 Å². The molecule has 1 aromatic heterocycles. The minimum atomic E-state index is -0.234. The molecule has 0 amide bonds. The summed E-state index contributed by atoms with van der Waals surface area (Å²) >= 11 is 10.3. The predicted molar refractivity (Wildman–Crippen MR) is 104 cm³/mol. The molecule has 2 atom stereocenters. The molecule has 128 valence electrons. The van der Waals surface area contributed by atoms with Gasteiger partial charge in [0.15, 0.2) is 0 Å². The van der Waals surface area contributed by atoms with E-state index in [4.69, 9.17) is 16.6 Å². The van der Waals surface area contributed by atoms with Crippen LogP contribution in [0.3, 0.4) is 0 Å². The number of aromatic nitrogens is 1. The van der Waals surface area contributed by atoms with Gasteiger partial charge in [-0.2, -0.15) is 0 Å². The lowest BCUT2D eigenvalue weighted by atomic mass is 9.74. The zero-order valence-electron chi connectivity index (χ0n) is 14.1. The molecule has 1 fully saturated rings. The fourth-order valence-corrected chi connectivity index (χ4v) is 5.18. The highest BCUT2D eigenvalue weighted by Gasteiger charge is 2.36. The monoisotopic (exact) mass is 406 g/mol. The summed E-state index contributed by atoms with van der Waals surface area (Å²) in [5, 5.41) is 3.50. The highest BCUT2D eigenvalue weighted by atomic mass is 79.9. The van der Waals surface area contributed by atoms with Crippen molar-refractivity contribution in [3.8, 4) is 0 Å². The first-order valence-electron chi connectivity index (χ1n) is 8.98. The molecule has 2 heterocycles. The van der Waals surface area contributed by atoms with Gasteiger partial charge in [-0.1, -0.05) is 17.7 Å². The van der Waals surface area contributed by atoms with Crippen LogP contribution >= 0.6 is 27.5 Å². The van der Waals surface area contributed by atoms with Crippen molar-refractivity contribution in [2.24, 2.45) is 5.92 Å². The third-order valence-corrected chi connectivity index (χ3v) is 6.42. The smallest absolute Gasteiger partial charge is 0.0638 e. The fourth-order valence-electron chi connectivity index (χ4n) is 4.58. The second-order valence-corrected chi connectivity index (χ2v) is 9.39. The number of allylic oxidation sites excluding steroid dienone is 4. The van der Waals surface area contributed by atoms with Crippen LogP contribution in [-0.2, 0) is 6.42 Å². The number of pyridine rings is 1. The van der Waals surface area contributed by atoms with Crippen LogP contribution in [0, 0.1) is 5.92 Å². The molecule has 4 rings (SSSR count). The molecule has 4 heteroatoms. The van der Waals surface area contributed by atoms with E-state index in [1.165, 1.54) is 29.7 Å². The van der Waals surface area contributed by atoms with Crippen LogP contribution in [0.25, 0.3) is 0 Å². The van der Waals surface area contributed by atoms with Gasteiger partial charge in [0.1, 0.15) is 0 Å². The Labute approximate surface area is 157 Å². The van der Waals surface area contributed by atoms with Crippen LogP contribution in [0.5, 0.6) is 0 Å². The molecule has 0 saturated carbocycles. The van der Waals surface area contributed by atoms with Crippen molar-refractivity contribution >= 4 is 27.5 Å². The third-order valence-electron chi connectivity index (χ3n) is 5.73. The maximum Gasteiger partial charge on any atom is 0.0638 e. The first kappa shape index (κ1) is 16.8. The van der Waals surface area contributed by atoms with E-state index >= 15 is 0 Å². The van der Waals surface area contributed by atoms with Gasteiger partial charge >= 0.3 is 0 Å². The summed E-state index contributed by atoms with van der Waals surface area (Å²) in [6.45, 7) is 4.36.